The molecule has 0 aromatic heterocycles. The number of carbonyl (C=O) groups is 1. The largest absolute Gasteiger partial charge is 0.469 e. The van der Waals surface area contributed by atoms with Crippen LogP contribution >= 0.6 is 0 Å². The van der Waals surface area contributed by atoms with Gasteiger partial charge in [0.25, 0.3) is 0 Å². The van der Waals surface area contributed by atoms with E-state index in [1.807, 2.05) is 25.2 Å². The van der Waals surface area contributed by atoms with E-state index in [-0.39, 0.29) is 29.8 Å². The van der Waals surface area contributed by atoms with Gasteiger partial charge in [0.2, 0.25) is 0 Å². The number of aliphatic hydroxyl groups is 2. The van der Waals surface area contributed by atoms with Crippen LogP contribution in [0.25, 0.3) is 10.4 Å². The fourth-order valence-electron chi connectivity index (χ4n) is 3.56. The molecular weight excluding hydrogens is 370 g/mol. The fraction of sp³-hybridized carbons (Fsp3) is 0.682. The maximum atomic E-state index is 11.1. The molecule has 0 spiro atoms. The molecule has 0 aromatic carbocycles. The lowest BCUT2D eigenvalue weighted by atomic mass is 9.88. The number of esters is 1. The number of ether oxygens (including phenoxy) is 1. The first kappa shape index (κ1) is 24.8. The summed E-state index contributed by atoms with van der Waals surface area (Å²) in [6.45, 7) is 3.70. The quantitative estimate of drug-likeness (QED) is 0.103. The summed E-state index contributed by atoms with van der Waals surface area (Å²) < 4.78 is 4.62. The van der Waals surface area contributed by atoms with E-state index < -0.39 is 12.2 Å². The van der Waals surface area contributed by atoms with Crippen molar-refractivity contribution >= 4 is 5.97 Å². The fourth-order valence-corrected chi connectivity index (χ4v) is 3.56. The third-order valence-electron chi connectivity index (χ3n) is 5.38. The zero-order chi connectivity index (χ0) is 21.6. The molecule has 160 valence electrons. The monoisotopic (exact) mass is 403 g/mol. The number of carbonyl (C=O) groups excluding carboxylic acids is 1. The van der Waals surface area contributed by atoms with Crippen molar-refractivity contribution in [1.29, 1.82) is 0 Å². The van der Waals surface area contributed by atoms with E-state index in [2.05, 4.69) is 26.6 Å². The lowest BCUT2D eigenvalue weighted by molar-refractivity contribution is -0.140. The first-order valence-electron chi connectivity index (χ1n) is 10.1. The molecule has 0 aromatic rings. The van der Waals surface area contributed by atoms with E-state index in [0.29, 0.717) is 32.1 Å². The number of nitrogens with zero attached hydrogens (tertiary/aromatic N) is 3. The summed E-state index contributed by atoms with van der Waals surface area (Å²) in [5, 5.41) is 24.6. The van der Waals surface area contributed by atoms with E-state index in [9.17, 15) is 15.0 Å². The lowest BCUT2D eigenvalue weighted by Gasteiger charge is -2.21. The minimum Gasteiger partial charge on any atom is -0.469 e. The summed E-state index contributed by atoms with van der Waals surface area (Å²) in [7, 11) is 1.38. The van der Waals surface area contributed by atoms with Crippen molar-refractivity contribution in [3.63, 3.8) is 0 Å². The highest BCUT2D eigenvalue weighted by molar-refractivity contribution is 5.69. The Balaban J connectivity index is 2.72. The van der Waals surface area contributed by atoms with Crippen molar-refractivity contribution < 1.29 is 19.7 Å². The summed E-state index contributed by atoms with van der Waals surface area (Å²) in [4.78, 5) is 14.1. The molecule has 0 bridgehead atoms. The van der Waals surface area contributed by atoms with Crippen LogP contribution in [0, 0.1) is 29.6 Å². The molecule has 0 heterocycles. The molecular formula is C22H33N3O4. The molecule has 0 amide bonds. The Morgan fingerprint density at radius 2 is 2.21 bits per heavy atom. The van der Waals surface area contributed by atoms with E-state index in [1.165, 1.54) is 7.11 Å². The average molecular weight is 404 g/mol. The number of azide groups is 1. The van der Waals surface area contributed by atoms with E-state index in [4.69, 9.17) is 5.53 Å². The molecule has 0 saturated heterocycles. The Bertz CT molecular complexity index is 673. The smallest absolute Gasteiger partial charge is 0.305 e. The third kappa shape index (κ3) is 8.74. The molecule has 1 aliphatic carbocycles. The van der Waals surface area contributed by atoms with Gasteiger partial charge in [-0.1, -0.05) is 36.3 Å². The first-order chi connectivity index (χ1) is 13.9. The van der Waals surface area contributed by atoms with Crippen molar-refractivity contribution in [2.24, 2.45) is 22.9 Å². The van der Waals surface area contributed by atoms with E-state index in [0.717, 1.165) is 6.42 Å². The van der Waals surface area contributed by atoms with Crippen LogP contribution in [0.5, 0.6) is 0 Å². The van der Waals surface area contributed by atoms with Crippen molar-refractivity contribution in [2.75, 3.05) is 7.11 Å². The lowest BCUT2D eigenvalue weighted by Crippen LogP contribution is -2.21. The second kappa shape index (κ2) is 13.8. The zero-order valence-electron chi connectivity index (χ0n) is 17.6. The Labute approximate surface area is 173 Å². The van der Waals surface area contributed by atoms with Crippen LogP contribution in [0.1, 0.15) is 52.4 Å². The van der Waals surface area contributed by atoms with E-state index >= 15 is 0 Å². The van der Waals surface area contributed by atoms with Gasteiger partial charge in [-0.25, -0.2) is 0 Å². The van der Waals surface area contributed by atoms with Gasteiger partial charge in [0.15, 0.2) is 0 Å². The van der Waals surface area contributed by atoms with Crippen LogP contribution in [0.15, 0.2) is 29.4 Å². The molecule has 1 aliphatic rings. The van der Waals surface area contributed by atoms with Gasteiger partial charge in [0, 0.05) is 29.7 Å². The Kier molecular flexibility index (Phi) is 11.8. The Morgan fingerprint density at radius 1 is 1.45 bits per heavy atom. The van der Waals surface area contributed by atoms with Crippen molar-refractivity contribution in [3.8, 4) is 11.8 Å². The number of methoxy groups -OCH3 is 1. The number of aliphatic hydroxyl groups excluding tert-OH is 2. The van der Waals surface area contributed by atoms with Crippen LogP contribution in [-0.4, -0.2) is 41.5 Å². The first-order valence-corrected chi connectivity index (χ1v) is 10.1. The summed E-state index contributed by atoms with van der Waals surface area (Å²) in [5.41, 5.74) is 8.85. The molecule has 7 nitrogen and oxygen atoms in total. The molecule has 0 radical (unpaired) electrons. The van der Waals surface area contributed by atoms with Gasteiger partial charge in [-0.3, -0.25) is 4.79 Å². The summed E-state index contributed by atoms with van der Waals surface area (Å²) in [6, 6.07) is -0.287. The Hall–Kier alpha value is -2.26. The SMILES string of the molecule is CC#CCC(C)[C@H](O)C=C[C@@H]1[C@@H](CC=CCCCC(=O)OC)[C@@H](N=[N+]=[N-])C[C@H]1O. The number of unbranched alkanes of at least 4 members (excludes halogenated alkanes) is 1. The average Bonchev–Trinajstić information content (AvgIpc) is 3.00. The normalized spacial score (nSPS) is 26.0. The van der Waals surface area contributed by atoms with Gasteiger partial charge < -0.3 is 14.9 Å². The predicted molar refractivity (Wildman–Crippen MR) is 113 cm³/mol. The maximum Gasteiger partial charge on any atom is 0.305 e. The molecule has 6 atom stereocenters. The molecule has 2 N–H and O–H groups in total. The number of hydrogen-bond acceptors (Lipinski definition) is 5. The molecule has 1 saturated carbocycles. The molecule has 29 heavy (non-hydrogen) atoms. The third-order valence-corrected chi connectivity index (χ3v) is 5.38. The van der Waals surface area contributed by atoms with Crippen LogP contribution in [-0.2, 0) is 9.53 Å². The highest BCUT2D eigenvalue weighted by atomic mass is 16.5. The van der Waals surface area contributed by atoms with Gasteiger partial charge in [-0.15, -0.1) is 11.8 Å². The van der Waals surface area contributed by atoms with Gasteiger partial charge >= 0.3 is 5.97 Å². The Morgan fingerprint density at radius 3 is 2.86 bits per heavy atom. The van der Waals surface area contributed by atoms with Crippen molar-refractivity contribution in [2.45, 2.75) is 70.6 Å². The number of rotatable bonds is 11. The van der Waals surface area contributed by atoms with Crippen LogP contribution in [0.2, 0.25) is 0 Å². The van der Waals surface area contributed by atoms with Gasteiger partial charge in [-0.2, -0.15) is 0 Å². The predicted octanol–water partition coefficient (Wildman–Crippen LogP) is 3.92. The highest BCUT2D eigenvalue weighted by Crippen LogP contribution is 2.38. The summed E-state index contributed by atoms with van der Waals surface area (Å²) in [5.74, 6) is 5.35. The number of allylic oxidation sites excluding steroid dienone is 2. The zero-order valence-corrected chi connectivity index (χ0v) is 17.6. The standard InChI is InChI=1S/C22H33N3O4/c1-4-5-10-16(2)20(26)14-13-18-17(19(24-25-23)15-21(18)27)11-8-6-7-9-12-22(28)29-3/h6,8,13-14,16-21,26-27H,7,9-12,15H2,1-3H3/t16?,17-,18-,19+,20-,21-/m1/s1. The number of hydrogen-bond donors (Lipinski definition) is 2. The summed E-state index contributed by atoms with van der Waals surface area (Å²) >= 11 is 0. The highest BCUT2D eigenvalue weighted by Gasteiger charge is 2.40. The van der Waals surface area contributed by atoms with Crippen LogP contribution in [0.4, 0.5) is 0 Å². The second-order valence-corrected chi connectivity index (χ2v) is 7.48. The van der Waals surface area contributed by atoms with Crippen molar-refractivity contribution in [1.82, 2.24) is 0 Å². The van der Waals surface area contributed by atoms with Crippen LogP contribution in [0.3, 0.4) is 0 Å². The van der Waals surface area contributed by atoms with Gasteiger partial charge in [-0.05, 0) is 50.0 Å². The molecule has 1 fully saturated rings. The minimum absolute atomic E-state index is 0.00155. The summed E-state index contributed by atoms with van der Waals surface area (Å²) in [6.07, 6.45) is 9.86. The molecule has 0 aliphatic heterocycles. The molecule has 7 heteroatoms. The van der Waals surface area contributed by atoms with Crippen LogP contribution < -0.4 is 0 Å². The topological polar surface area (TPSA) is 116 Å². The van der Waals surface area contributed by atoms with Gasteiger partial charge in [0.05, 0.1) is 19.3 Å². The van der Waals surface area contributed by atoms with E-state index in [1.54, 1.807) is 13.0 Å². The minimum atomic E-state index is -0.643. The molecule has 1 unspecified atom stereocenters. The molecule has 1 rings (SSSR count). The van der Waals surface area contributed by atoms with Gasteiger partial charge in [0.1, 0.15) is 0 Å². The maximum absolute atomic E-state index is 11.1. The van der Waals surface area contributed by atoms with Crippen molar-refractivity contribution in [3.05, 3.63) is 34.7 Å². The second-order valence-electron chi connectivity index (χ2n) is 7.48.